The second kappa shape index (κ2) is 6.75. The number of rotatable bonds is 4. The highest BCUT2D eigenvalue weighted by Gasteiger charge is 2.21. The SMILES string of the molecule is CC1CCCC(CN(C)CC2CCCNC2)C1. The summed E-state index contributed by atoms with van der Waals surface area (Å²) in [5.41, 5.74) is 0. The lowest BCUT2D eigenvalue weighted by Gasteiger charge is -2.33. The largest absolute Gasteiger partial charge is 0.316 e. The van der Waals surface area contributed by atoms with Crippen molar-refractivity contribution in [3.8, 4) is 0 Å². The fourth-order valence-corrected chi connectivity index (χ4v) is 3.76. The molecule has 1 saturated carbocycles. The smallest absolute Gasteiger partial charge is 0.00189 e. The molecular formula is C15H30N2. The average molecular weight is 238 g/mol. The zero-order valence-electron chi connectivity index (χ0n) is 11.8. The van der Waals surface area contributed by atoms with Crippen LogP contribution in [0.4, 0.5) is 0 Å². The highest BCUT2D eigenvalue weighted by atomic mass is 15.1. The lowest BCUT2D eigenvalue weighted by Crippen LogP contribution is -2.38. The molecule has 0 amide bonds. The molecule has 100 valence electrons. The average Bonchev–Trinajstić information content (AvgIpc) is 2.30. The molecule has 2 fully saturated rings. The molecule has 0 aromatic heterocycles. The van der Waals surface area contributed by atoms with Crippen molar-refractivity contribution in [3.05, 3.63) is 0 Å². The van der Waals surface area contributed by atoms with E-state index in [1.807, 2.05) is 0 Å². The molecule has 2 heteroatoms. The van der Waals surface area contributed by atoms with Crippen LogP contribution in [-0.2, 0) is 0 Å². The Bertz CT molecular complexity index is 211. The van der Waals surface area contributed by atoms with Gasteiger partial charge in [-0.05, 0) is 63.6 Å². The Morgan fingerprint density at radius 1 is 1.06 bits per heavy atom. The Labute approximate surface area is 107 Å². The minimum atomic E-state index is 0.898. The van der Waals surface area contributed by atoms with Crippen molar-refractivity contribution in [1.29, 1.82) is 0 Å². The zero-order valence-corrected chi connectivity index (χ0v) is 11.8. The molecule has 2 aliphatic rings. The van der Waals surface area contributed by atoms with Crippen LogP contribution >= 0.6 is 0 Å². The standard InChI is InChI=1S/C15H30N2/c1-13-5-3-6-14(9-13)11-17(2)12-15-7-4-8-16-10-15/h13-16H,3-12H2,1-2H3. The van der Waals surface area contributed by atoms with E-state index in [1.54, 1.807) is 0 Å². The number of hydrogen-bond donors (Lipinski definition) is 1. The molecule has 0 bridgehead atoms. The van der Waals surface area contributed by atoms with Crippen LogP contribution in [0.1, 0.15) is 45.4 Å². The Hall–Kier alpha value is -0.0800. The van der Waals surface area contributed by atoms with Crippen LogP contribution in [0.5, 0.6) is 0 Å². The first-order valence-electron chi connectivity index (χ1n) is 7.63. The van der Waals surface area contributed by atoms with E-state index < -0.39 is 0 Å². The quantitative estimate of drug-likeness (QED) is 0.810. The van der Waals surface area contributed by atoms with Crippen LogP contribution in [0.2, 0.25) is 0 Å². The molecule has 17 heavy (non-hydrogen) atoms. The first-order chi connectivity index (χ1) is 8.24. The van der Waals surface area contributed by atoms with Crippen molar-refractivity contribution < 1.29 is 0 Å². The summed E-state index contributed by atoms with van der Waals surface area (Å²) in [6, 6.07) is 0. The van der Waals surface area contributed by atoms with Gasteiger partial charge in [0.2, 0.25) is 0 Å². The van der Waals surface area contributed by atoms with E-state index in [1.165, 1.54) is 64.7 Å². The molecule has 0 aromatic carbocycles. The van der Waals surface area contributed by atoms with Gasteiger partial charge in [-0.1, -0.05) is 19.8 Å². The second-order valence-electron chi connectivity index (χ2n) is 6.57. The fraction of sp³-hybridized carbons (Fsp3) is 1.00. The van der Waals surface area contributed by atoms with Crippen LogP contribution in [0.3, 0.4) is 0 Å². The van der Waals surface area contributed by atoms with E-state index in [0.29, 0.717) is 0 Å². The van der Waals surface area contributed by atoms with E-state index in [4.69, 9.17) is 0 Å². The van der Waals surface area contributed by atoms with Crippen LogP contribution in [0, 0.1) is 17.8 Å². The molecule has 1 saturated heterocycles. The molecule has 1 aliphatic carbocycles. The van der Waals surface area contributed by atoms with Crippen molar-refractivity contribution in [2.24, 2.45) is 17.8 Å². The van der Waals surface area contributed by atoms with Gasteiger partial charge < -0.3 is 10.2 Å². The van der Waals surface area contributed by atoms with Crippen LogP contribution < -0.4 is 5.32 Å². The molecule has 0 aromatic rings. The maximum Gasteiger partial charge on any atom is 0.00189 e. The molecule has 1 heterocycles. The van der Waals surface area contributed by atoms with Gasteiger partial charge in [-0.15, -0.1) is 0 Å². The van der Waals surface area contributed by atoms with Crippen LogP contribution in [-0.4, -0.2) is 38.1 Å². The fourth-order valence-electron chi connectivity index (χ4n) is 3.76. The van der Waals surface area contributed by atoms with E-state index >= 15 is 0 Å². The number of nitrogens with zero attached hydrogens (tertiary/aromatic N) is 1. The number of piperidine rings is 1. The summed E-state index contributed by atoms with van der Waals surface area (Å²) in [7, 11) is 2.33. The molecule has 1 aliphatic heterocycles. The molecule has 1 N–H and O–H groups in total. The first-order valence-corrected chi connectivity index (χ1v) is 7.63. The summed E-state index contributed by atoms with van der Waals surface area (Å²) >= 11 is 0. The molecule has 3 unspecified atom stereocenters. The zero-order chi connectivity index (χ0) is 12.1. The Balaban J connectivity index is 1.66. The van der Waals surface area contributed by atoms with Gasteiger partial charge in [-0.25, -0.2) is 0 Å². The van der Waals surface area contributed by atoms with Crippen molar-refractivity contribution in [1.82, 2.24) is 10.2 Å². The van der Waals surface area contributed by atoms with E-state index in [0.717, 1.165) is 17.8 Å². The third kappa shape index (κ3) is 4.59. The molecule has 2 rings (SSSR count). The van der Waals surface area contributed by atoms with Gasteiger partial charge in [0.25, 0.3) is 0 Å². The Morgan fingerprint density at radius 3 is 2.53 bits per heavy atom. The topological polar surface area (TPSA) is 15.3 Å². The Kier molecular flexibility index (Phi) is 5.30. The third-order valence-corrected chi connectivity index (χ3v) is 4.58. The highest BCUT2D eigenvalue weighted by molar-refractivity contribution is 4.76. The van der Waals surface area contributed by atoms with Crippen molar-refractivity contribution in [3.63, 3.8) is 0 Å². The monoisotopic (exact) mass is 238 g/mol. The summed E-state index contributed by atoms with van der Waals surface area (Å²) < 4.78 is 0. The van der Waals surface area contributed by atoms with Gasteiger partial charge in [0.15, 0.2) is 0 Å². The minimum absolute atomic E-state index is 0.898. The van der Waals surface area contributed by atoms with Crippen molar-refractivity contribution >= 4 is 0 Å². The first kappa shape index (κ1) is 13.4. The lowest BCUT2D eigenvalue weighted by atomic mass is 9.82. The number of hydrogen-bond acceptors (Lipinski definition) is 2. The summed E-state index contributed by atoms with van der Waals surface area (Å²) in [6.07, 6.45) is 8.67. The Morgan fingerprint density at radius 2 is 1.82 bits per heavy atom. The van der Waals surface area contributed by atoms with E-state index in [9.17, 15) is 0 Å². The lowest BCUT2D eigenvalue weighted by molar-refractivity contribution is 0.176. The van der Waals surface area contributed by atoms with Gasteiger partial charge in [-0.3, -0.25) is 0 Å². The maximum absolute atomic E-state index is 3.52. The minimum Gasteiger partial charge on any atom is -0.316 e. The molecule has 0 spiro atoms. The predicted molar refractivity (Wildman–Crippen MR) is 74.2 cm³/mol. The summed E-state index contributed by atoms with van der Waals surface area (Å²) in [5.74, 6) is 2.84. The normalized spacial score (nSPS) is 35.1. The predicted octanol–water partition coefficient (Wildman–Crippen LogP) is 2.74. The van der Waals surface area contributed by atoms with Crippen LogP contribution in [0.25, 0.3) is 0 Å². The van der Waals surface area contributed by atoms with Gasteiger partial charge in [0, 0.05) is 13.1 Å². The van der Waals surface area contributed by atoms with E-state index in [2.05, 4.69) is 24.2 Å². The van der Waals surface area contributed by atoms with Crippen molar-refractivity contribution in [2.75, 3.05) is 33.2 Å². The van der Waals surface area contributed by atoms with Crippen LogP contribution in [0.15, 0.2) is 0 Å². The molecular weight excluding hydrogens is 208 g/mol. The third-order valence-electron chi connectivity index (χ3n) is 4.58. The summed E-state index contributed by atoms with van der Waals surface area (Å²) in [6.45, 7) is 7.54. The second-order valence-corrected chi connectivity index (χ2v) is 6.57. The molecule has 0 radical (unpaired) electrons. The van der Waals surface area contributed by atoms with Crippen molar-refractivity contribution in [2.45, 2.75) is 45.4 Å². The molecule has 2 nitrogen and oxygen atoms in total. The van der Waals surface area contributed by atoms with Gasteiger partial charge in [0.05, 0.1) is 0 Å². The van der Waals surface area contributed by atoms with E-state index in [-0.39, 0.29) is 0 Å². The summed E-state index contributed by atoms with van der Waals surface area (Å²) in [4.78, 5) is 2.60. The van der Waals surface area contributed by atoms with Gasteiger partial charge in [0.1, 0.15) is 0 Å². The highest BCUT2D eigenvalue weighted by Crippen LogP contribution is 2.29. The summed E-state index contributed by atoms with van der Waals surface area (Å²) in [5, 5.41) is 3.52. The van der Waals surface area contributed by atoms with Gasteiger partial charge in [-0.2, -0.15) is 0 Å². The van der Waals surface area contributed by atoms with Gasteiger partial charge >= 0.3 is 0 Å². The maximum atomic E-state index is 3.52. The molecule has 3 atom stereocenters. The number of nitrogens with one attached hydrogen (secondary N) is 1.